The molecule has 3 aromatic rings. The standard InChI is InChI=1S/C28H23F3N4O4S/c29-28(30,31)21-5-3-6-23(17-21)33-12-14-34(15-13-33)27-32-26(36)25(40-27)16-20-4-1-2-7-24(20)39-18-19-8-10-22(11-9-19)35(37)38/h1-11,16-17H,12-15,18H2/b25-16-. The van der Waals surface area contributed by atoms with Crippen LogP contribution in [0.15, 0.2) is 82.7 Å². The van der Waals surface area contributed by atoms with Gasteiger partial charge in [-0.05, 0) is 59.8 Å². The molecular weight excluding hydrogens is 545 g/mol. The summed E-state index contributed by atoms with van der Waals surface area (Å²) in [6.07, 6.45) is -2.68. The lowest BCUT2D eigenvalue weighted by atomic mass is 10.1. The summed E-state index contributed by atoms with van der Waals surface area (Å²) in [6, 6.07) is 18.6. The van der Waals surface area contributed by atoms with Crippen LogP contribution in [-0.2, 0) is 17.6 Å². The number of carbonyl (C=O) groups excluding carboxylic acids is 1. The third-order valence-corrected chi connectivity index (χ3v) is 7.49. The monoisotopic (exact) mass is 568 g/mol. The highest BCUT2D eigenvalue weighted by Gasteiger charge is 2.32. The van der Waals surface area contributed by atoms with Crippen molar-refractivity contribution in [2.75, 3.05) is 31.1 Å². The Hall–Kier alpha value is -4.32. The zero-order chi connectivity index (χ0) is 28.3. The second kappa shape index (κ2) is 11.4. The molecule has 1 amide bonds. The number of thioether (sulfide) groups is 1. The van der Waals surface area contributed by atoms with E-state index in [0.717, 1.165) is 17.7 Å². The normalized spacial score (nSPS) is 16.8. The molecule has 0 bridgehead atoms. The number of non-ortho nitro benzene ring substituents is 1. The summed E-state index contributed by atoms with van der Waals surface area (Å²) in [7, 11) is 0. The summed E-state index contributed by atoms with van der Waals surface area (Å²) in [5.41, 5.74) is 1.27. The Kier molecular flexibility index (Phi) is 7.78. The lowest BCUT2D eigenvalue weighted by Gasteiger charge is -2.36. The highest BCUT2D eigenvalue weighted by atomic mass is 32.2. The van der Waals surface area contributed by atoms with Crippen molar-refractivity contribution < 1.29 is 27.6 Å². The van der Waals surface area contributed by atoms with Crippen molar-refractivity contribution in [3.8, 4) is 5.75 Å². The maximum Gasteiger partial charge on any atom is 0.416 e. The molecule has 206 valence electrons. The summed E-state index contributed by atoms with van der Waals surface area (Å²) in [6.45, 7) is 2.20. The van der Waals surface area contributed by atoms with Crippen molar-refractivity contribution >= 4 is 40.3 Å². The Morgan fingerprint density at radius 3 is 2.38 bits per heavy atom. The van der Waals surface area contributed by atoms with E-state index in [2.05, 4.69) is 4.99 Å². The minimum Gasteiger partial charge on any atom is -0.488 e. The largest absolute Gasteiger partial charge is 0.488 e. The molecule has 2 aliphatic heterocycles. The number of nitro groups is 1. The lowest BCUT2D eigenvalue weighted by Crippen LogP contribution is -2.47. The number of ether oxygens (including phenoxy) is 1. The van der Waals surface area contributed by atoms with E-state index in [0.29, 0.717) is 53.3 Å². The number of piperazine rings is 1. The Labute approximate surface area is 231 Å². The van der Waals surface area contributed by atoms with Crippen molar-refractivity contribution in [3.63, 3.8) is 0 Å². The number of halogens is 3. The summed E-state index contributed by atoms with van der Waals surface area (Å²) < 4.78 is 45.2. The number of carbonyl (C=O) groups is 1. The first kappa shape index (κ1) is 27.3. The summed E-state index contributed by atoms with van der Waals surface area (Å²) >= 11 is 1.25. The molecule has 0 saturated carbocycles. The Morgan fingerprint density at radius 2 is 1.68 bits per heavy atom. The molecule has 5 rings (SSSR count). The van der Waals surface area contributed by atoms with Crippen LogP contribution in [0, 0.1) is 10.1 Å². The van der Waals surface area contributed by atoms with Crippen LogP contribution in [0.5, 0.6) is 5.75 Å². The summed E-state index contributed by atoms with van der Waals surface area (Å²) in [5, 5.41) is 11.4. The van der Waals surface area contributed by atoms with Gasteiger partial charge in [-0.3, -0.25) is 14.9 Å². The Bertz CT molecular complexity index is 1480. The number of rotatable bonds is 6. The van der Waals surface area contributed by atoms with Crippen LogP contribution in [0.3, 0.4) is 0 Å². The highest BCUT2D eigenvalue weighted by molar-refractivity contribution is 8.18. The van der Waals surface area contributed by atoms with E-state index in [1.165, 1.54) is 30.0 Å². The second-order valence-electron chi connectivity index (χ2n) is 9.08. The van der Waals surface area contributed by atoms with Gasteiger partial charge in [-0.25, -0.2) is 0 Å². The number of aliphatic imine (C=N–C) groups is 1. The molecule has 12 heteroatoms. The molecule has 0 aromatic heterocycles. The van der Waals surface area contributed by atoms with Gasteiger partial charge in [0.25, 0.3) is 11.6 Å². The van der Waals surface area contributed by atoms with Crippen molar-refractivity contribution in [1.82, 2.24) is 4.90 Å². The van der Waals surface area contributed by atoms with Crippen LogP contribution < -0.4 is 9.64 Å². The topological polar surface area (TPSA) is 88.3 Å². The lowest BCUT2D eigenvalue weighted by molar-refractivity contribution is -0.384. The predicted molar refractivity (Wildman–Crippen MR) is 147 cm³/mol. The number of amides is 1. The number of hydrogen-bond donors (Lipinski definition) is 0. The fourth-order valence-electron chi connectivity index (χ4n) is 4.32. The smallest absolute Gasteiger partial charge is 0.416 e. The van der Waals surface area contributed by atoms with Gasteiger partial charge in [-0.2, -0.15) is 18.2 Å². The molecule has 0 aliphatic carbocycles. The van der Waals surface area contributed by atoms with Gasteiger partial charge in [0.1, 0.15) is 12.4 Å². The highest BCUT2D eigenvalue weighted by Crippen LogP contribution is 2.34. The van der Waals surface area contributed by atoms with Gasteiger partial charge >= 0.3 is 6.18 Å². The maximum absolute atomic E-state index is 13.1. The van der Waals surface area contributed by atoms with E-state index >= 15 is 0 Å². The maximum atomic E-state index is 13.1. The average Bonchev–Trinajstić information content (AvgIpc) is 3.32. The molecule has 0 radical (unpaired) electrons. The molecular formula is C28H23F3N4O4S. The molecule has 40 heavy (non-hydrogen) atoms. The number of nitrogens with zero attached hydrogens (tertiary/aromatic N) is 4. The number of amidine groups is 1. The van der Waals surface area contributed by atoms with E-state index < -0.39 is 16.7 Å². The van der Waals surface area contributed by atoms with Gasteiger partial charge in [0.05, 0.1) is 15.4 Å². The van der Waals surface area contributed by atoms with Crippen LogP contribution in [0.1, 0.15) is 16.7 Å². The number of alkyl halides is 3. The summed E-state index contributed by atoms with van der Waals surface area (Å²) in [4.78, 5) is 31.6. The number of hydrogen-bond acceptors (Lipinski definition) is 7. The van der Waals surface area contributed by atoms with Gasteiger partial charge in [-0.15, -0.1) is 0 Å². The zero-order valence-corrected chi connectivity index (χ0v) is 21.8. The van der Waals surface area contributed by atoms with Crippen molar-refractivity contribution in [3.05, 3.63) is 105 Å². The quantitative estimate of drug-likeness (QED) is 0.205. The van der Waals surface area contributed by atoms with E-state index in [1.54, 1.807) is 30.3 Å². The molecule has 3 aromatic carbocycles. The Morgan fingerprint density at radius 1 is 0.975 bits per heavy atom. The fourth-order valence-corrected chi connectivity index (χ4v) is 5.27. The van der Waals surface area contributed by atoms with E-state index in [9.17, 15) is 28.1 Å². The molecule has 2 heterocycles. The molecule has 8 nitrogen and oxygen atoms in total. The van der Waals surface area contributed by atoms with Gasteiger partial charge in [-0.1, -0.05) is 24.3 Å². The van der Waals surface area contributed by atoms with E-state index in [4.69, 9.17) is 4.74 Å². The predicted octanol–water partition coefficient (Wildman–Crippen LogP) is 5.99. The van der Waals surface area contributed by atoms with Crippen LogP contribution in [-0.4, -0.2) is 47.1 Å². The molecule has 0 atom stereocenters. The number of benzene rings is 3. The first-order valence-corrected chi connectivity index (χ1v) is 13.1. The van der Waals surface area contributed by atoms with E-state index in [-0.39, 0.29) is 18.2 Å². The zero-order valence-electron chi connectivity index (χ0n) is 21.0. The van der Waals surface area contributed by atoms with Crippen LogP contribution in [0.2, 0.25) is 0 Å². The summed E-state index contributed by atoms with van der Waals surface area (Å²) in [5.74, 6) is 0.176. The van der Waals surface area contributed by atoms with Crippen LogP contribution in [0.4, 0.5) is 24.5 Å². The van der Waals surface area contributed by atoms with Crippen LogP contribution >= 0.6 is 11.8 Å². The molecule has 2 aliphatic rings. The van der Waals surface area contributed by atoms with E-state index in [1.807, 2.05) is 28.0 Å². The number of nitro benzene ring substituents is 1. The average molecular weight is 569 g/mol. The van der Waals surface area contributed by atoms with Gasteiger partial charge in [0, 0.05) is 49.6 Å². The minimum absolute atomic E-state index is 0.00136. The fraction of sp³-hybridized carbons (Fsp3) is 0.214. The number of anilines is 1. The third kappa shape index (κ3) is 6.28. The van der Waals surface area contributed by atoms with Crippen LogP contribution in [0.25, 0.3) is 6.08 Å². The van der Waals surface area contributed by atoms with Crippen molar-refractivity contribution in [2.45, 2.75) is 12.8 Å². The minimum atomic E-state index is -4.40. The Balaban J connectivity index is 1.21. The molecule has 0 unspecified atom stereocenters. The van der Waals surface area contributed by atoms with Gasteiger partial charge in [0.15, 0.2) is 5.17 Å². The third-order valence-electron chi connectivity index (χ3n) is 6.45. The molecule has 0 N–H and O–H groups in total. The molecule has 0 spiro atoms. The second-order valence-corrected chi connectivity index (χ2v) is 10.1. The van der Waals surface area contributed by atoms with Gasteiger partial charge in [0.2, 0.25) is 0 Å². The molecule has 1 saturated heterocycles. The van der Waals surface area contributed by atoms with Crippen molar-refractivity contribution in [1.29, 1.82) is 0 Å². The number of para-hydroxylation sites is 1. The first-order chi connectivity index (χ1) is 19.2. The van der Waals surface area contributed by atoms with Gasteiger partial charge < -0.3 is 14.5 Å². The molecule has 1 fully saturated rings. The SMILES string of the molecule is O=C1N=C(N2CCN(c3cccc(C(F)(F)F)c3)CC2)S/C1=C\c1ccccc1OCc1ccc([N+](=O)[O-])cc1. The first-order valence-electron chi connectivity index (χ1n) is 12.3. The van der Waals surface area contributed by atoms with Crippen molar-refractivity contribution in [2.24, 2.45) is 4.99 Å².